The van der Waals surface area contributed by atoms with Crippen LogP contribution in [-0.4, -0.2) is 50.8 Å². The third-order valence-corrected chi connectivity index (χ3v) is 9.51. The van der Waals surface area contributed by atoms with E-state index in [-0.39, 0.29) is 0 Å². The summed E-state index contributed by atoms with van der Waals surface area (Å²) in [4.78, 5) is 0. The largest absolute Gasteiger partial charge is 0.346 e. The summed E-state index contributed by atoms with van der Waals surface area (Å²) in [5, 5.41) is 11.5. The molecule has 2 aromatic carbocycles. The molecular formula is C30H52Cl2N4S2+4. The third-order valence-electron chi connectivity index (χ3n) is 6.57. The highest BCUT2D eigenvalue weighted by atomic mass is 35.5. The van der Waals surface area contributed by atoms with Crippen LogP contribution in [0, 0.1) is 0 Å². The molecule has 8 heteroatoms. The van der Waals surface area contributed by atoms with Gasteiger partial charge in [-0.2, -0.15) is 0 Å². The maximum absolute atomic E-state index is 6.04. The summed E-state index contributed by atoms with van der Waals surface area (Å²) in [6.07, 6.45) is 10.8. The van der Waals surface area contributed by atoms with Gasteiger partial charge in [0, 0.05) is 21.2 Å². The van der Waals surface area contributed by atoms with Crippen molar-refractivity contribution in [1.82, 2.24) is 0 Å². The van der Waals surface area contributed by atoms with Gasteiger partial charge in [-0.3, -0.25) is 0 Å². The van der Waals surface area contributed by atoms with Crippen LogP contribution in [0.15, 0.2) is 48.5 Å². The van der Waals surface area contributed by atoms with E-state index in [2.05, 4.69) is 67.1 Å². The highest BCUT2D eigenvalue weighted by Gasteiger charge is 2.00. The van der Waals surface area contributed by atoms with Crippen LogP contribution < -0.4 is 21.3 Å². The van der Waals surface area contributed by atoms with E-state index in [0.717, 1.165) is 23.1 Å². The zero-order chi connectivity index (χ0) is 26.9. The lowest BCUT2D eigenvalue weighted by Gasteiger charge is -2.04. The Morgan fingerprint density at radius 1 is 0.474 bits per heavy atom. The smallest absolute Gasteiger partial charge is 0.101 e. The summed E-state index contributed by atoms with van der Waals surface area (Å²) in [5.41, 5.74) is 2.64. The molecule has 0 atom stereocenters. The van der Waals surface area contributed by atoms with Gasteiger partial charge in [0.1, 0.15) is 13.1 Å². The molecule has 0 unspecified atom stereocenters. The fourth-order valence-electron chi connectivity index (χ4n) is 4.40. The second kappa shape index (κ2) is 24.4. The molecule has 2 rings (SSSR count). The number of halogens is 2. The number of unbranched alkanes of at least 4 members (excludes halogenated alkanes) is 6. The Morgan fingerprint density at radius 3 is 1.26 bits per heavy atom. The summed E-state index contributed by atoms with van der Waals surface area (Å²) in [5.74, 6) is 2.52. The van der Waals surface area contributed by atoms with Crippen LogP contribution in [0.4, 0.5) is 0 Å². The van der Waals surface area contributed by atoms with Crippen LogP contribution in [0.1, 0.15) is 62.5 Å². The van der Waals surface area contributed by atoms with E-state index in [1.54, 1.807) is 0 Å². The van der Waals surface area contributed by atoms with Crippen LogP contribution in [0.25, 0.3) is 0 Å². The van der Waals surface area contributed by atoms with Gasteiger partial charge in [-0.25, -0.2) is 0 Å². The van der Waals surface area contributed by atoms with Gasteiger partial charge in [0.15, 0.2) is 0 Å². The van der Waals surface area contributed by atoms with Crippen molar-refractivity contribution < 1.29 is 21.3 Å². The molecule has 0 radical (unpaired) electrons. The van der Waals surface area contributed by atoms with E-state index in [9.17, 15) is 0 Å². The second-order valence-electron chi connectivity index (χ2n) is 10.0. The van der Waals surface area contributed by atoms with Gasteiger partial charge in [0.25, 0.3) is 0 Å². The molecule has 0 amide bonds. The molecule has 38 heavy (non-hydrogen) atoms. The predicted molar refractivity (Wildman–Crippen MR) is 169 cm³/mol. The van der Waals surface area contributed by atoms with Crippen LogP contribution in [0.3, 0.4) is 0 Å². The zero-order valence-corrected chi connectivity index (χ0v) is 26.4. The average molecular weight is 604 g/mol. The number of hydrogen-bond donors (Lipinski definition) is 4. The normalized spacial score (nSPS) is 11.3. The Kier molecular flexibility index (Phi) is 21.6. The number of quaternary nitrogens is 4. The van der Waals surface area contributed by atoms with Gasteiger partial charge in [-0.15, -0.1) is 0 Å². The molecule has 0 aliphatic carbocycles. The van der Waals surface area contributed by atoms with Gasteiger partial charge in [0.2, 0.25) is 0 Å². The van der Waals surface area contributed by atoms with E-state index in [0.29, 0.717) is 0 Å². The van der Waals surface area contributed by atoms with E-state index >= 15 is 0 Å². The predicted octanol–water partition coefficient (Wildman–Crippen LogP) is 3.45. The van der Waals surface area contributed by atoms with Gasteiger partial charge in [-0.1, -0.05) is 69.1 Å². The van der Waals surface area contributed by atoms with Crippen molar-refractivity contribution in [2.24, 2.45) is 0 Å². The summed E-state index contributed by atoms with van der Waals surface area (Å²) in [6, 6.07) is 16.4. The first-order chi connectivity index (χ1) is 18.7. The summed E-state index contributed by atoms with van der Waals surface area (Å²) in [6.45, 7) is 9.58. The first-order valence-corrected chi connectivity index (χ1v) is 18.0. The molecule has 0 spiro atoms. The Labute approximate surface area is 250 Å². The Bertz CT molecular complexity index is 761. The van der Waals surface area contributed by atoms with Crippen LogP contribution in [-0.2, 0) is 13.1 Å². The number of rotatable bonds is 25. The quantitative estimate of drug-likeness (QED) is 0.104. The Hall–Kier alpha value is -0.440. The van der Waals surface area contributed by atoms with Gasteiger partial charge in [-0.05, 0) is 75.6 Å². The summed E-state index contributed by atoms with van der Waals surface area (Å²) < 4.78 is 0. The molecule has 0 aromatic heterocycles. The molecule has 214 valence electrons. The molecular weight excluding hydrogens is 551 g/mol. The first kappa shape index (κ1) is 33.8. The second-order valence-corrected chi connectivity index (χ2v) is 13.6. The molecule has 0 heterocycles. The average Bonchev–Trinajstić information content (AvgIpc) is 2.91. The number of nitrogens with two attached hydrogens (primary N) is 4. The lowest BCUT2D eigenvalue weighted by atomic mass is 10.2. The zero-order valence-electron chi connectivity index (χ0n) is 23.2. The molecule has 0 aliphatic rings. The maximum atomic E-state index is 6.04. The highest BCUT2D eigenvalue weighted by Crippen LogP contribution is 2.18. The van der Waals surface area contributed by atoms with Gasteiger partial charge >= 0.3 is 0 Å². The van der Waals surface area contributed by atoms with Crippen molar-refractivity contribution in [2.45, 2.75) is 64.5 Å². The number of benzene rings is 2. The van der Waals surface area contributed by atoms with Crippen molar-refractivity contribution in [3.63, 3.8) is 0 Å². The summed E-state index contributed by atoms with van der Waals surface area (Å²) >= 11 is 12.1. The van der Waals surface area contributed by atoms with E-state index in [1.807, 2.05) is 24.3 Å². The fourth-order valence-corrected chi connectivity index (χ4v) is 6.87. The van der Waals surface area contributed by atoms with Gasteiger partial charge < -0.3 is 21.3 Å². The highest BCUT2D eigenvalue weighted by molar-refractivity contribution is 8.76. The van der Waals surface area contributed by atoms with Gasteiger partial charge in [0.05, 0.1) is 50.8 Å². The minimum Gasteiger partial charge on any atom is -0.346 e. The molecule has 0 fully saturated rings. The van der Waals surface area contributed by atoms with E-state index < -0.39 is 0 Å². The van der Waals surface area contributed by atoms with Crippen molar-refractivity contribution >= 4 is 44.8 Å². The van der Waals surface area contributed by atoms with Crippen molar-refractivity contribution in [1.29, 1.82) is 0 Å². The lowest BCUT2D eigenvalue weighted by Crippen LogP contribution is -2.85. The van der Waals surface area contributed by atoms with E-state index in [4.69, 9.17) is 23.2 Å². The Morgan fingerprint density at radius 2 is 0.868 bits per heavy atom. The minimum atomic E-state index is 0.840. The van der Waals surface area contributed by atoms with Crippen molar-refractivity contribution in [2.75, 3.05) is 50.8 Å². The van der Waals surface area contributed by atoms with Crippen LogP contribution >= 0.6 is 44.8 Å². The maximum Gasteiger partial charge on any atom is 0.101 e. The minimum absolute atomic E-state index is 0.840. The summed E-state index contributed by atoms with van der Waals surface area (Å²) in [7, 11) is 4.10. The van der Waals surface area contributed by atoms with Crippen molar-refractivity contribution in [3.8, 4) is 0 Å². The molecule has 8 N–H and O–H groups in total. The SMILES string of the molecule is Clc1cccc(C[NH2+]CCCCCC[NH2+]CCSSCC[NH2+]CCCCCC[NH2+]Cc2cccc(Cl)c2)c1. The molecule has 2 aromatic rings. The molecule has 0 saturated heterocycles. The standard InChI is InChI=1S/C30H48Cl2N4S2/c31-29-13-9-11-27(23-29)25-35-17-7-3-1-5-15-33-19-21-37-38-22-20-34-16-6-2-4-8-18-36-26-28-12-10-14-30(32)24-28/h9-14,23-24,33-36H,1-8,15-22,25-26H2/p+4. The third kappa shape index (κ3) is 19.6. The molecule has 0 aliphatic heterocycles. The molecule has 0 saturated carbocycles. The lowest BCUT2D eigenvalue weighted by molar-refractivity contribution is -0.671. The van der Waals surface area contributed by atoms with Crippen LogP contribution in [0.5, 0.6) is 0 Å². The fraction of sp³-hybridized carbons (Fsp3) is 0.600. The van der Waals surface area contributed by atoms with E-state index in [1.165, 1.54) is 113 Å². The van der Waals surface area contributed by atoms with Crippen molar-refractivity contribution in [3.05, 3.63) is 69.7 Å². The molecule has 0 bridgehead atoms. The van der Waals surface area contributed by atoms with Crippen LogP contribution in [0.2, 0.25) is 10.0 Å². The number of hydrogen-bond acceptors (Lipinski definition) is 2. The molecule has 4 nitrogen and oxygen atoms in total. The first-order valence-electron chi connectivity index (χ1n) is 14.7. The Balaban J connectivity index is 1.20. The topological polar surface area (TPSA) is 66.4 Å². The monoisotopic (exact) mass is 602 g/mol.